The summed E-state index contributed by atoms with van der Waals surface area (Å²) in [7, 11) is 0. The number of rotatable bonds is 4. The maximum absolute atomic E-state index is 9.69. The third kappa shape index (κ3) is 5.01. The highest BCUT2D eigenvalue weighted by molar-refractivity contribution is 4.76. The lowest BCUT2D eigenvalue weighted by Crippen LogP contribution is -2.23. The number of hydrogen-bond donors (Lipinski definition) is 1. The Morgan fingerprint density at radius 2 is 1.67 bits per heavy atom. The van der Waals surface area contributed by atoms with Gasteiger partial charge in [-0.3, -0.25) is 0 Å². The molecule has 90 valence electrons. The third-order valence-electron chi connectivity index (χ3n) is 4.00. The van der Waals surface area contributed by atoms with Crippen LogP contribution < -0.4 is 0 Å². The molecule has 1 fully saturated rings. The van der Waals surface area contributed by atoms with Crippen molar-refractivity contribution < 1.29 is 5.11 Å². The van der Waals surface area contributed by atoms with E-state index in [1.165, 1.54) is 32.1 Å². The van der Waals surface area contributed by atoms with Gasteiger partial charge in [0.1, 0.15) is 0 Å². The first kappa shape index (κ1) is 13.0. The van der Waals surface area contributed by atoms with E-state index < -0.39 is 5.60 Å². The van der Waals surface area contributed by atoms with E-state index in [1.807, 2.05) is 13.8 Å². The van der Waals surface area contributed by atoms with Crippen LogP contribution in [0.5, 0.6) is 0 Å². The van der Waals surface area contributed by atoms with Gasteiger partial charge in [-0.1, -0.05) is 26.7 Å². The van der Waals surface area contributed by atoms with Gasteiger partial charge in [0, 0.05) is 0 Å². The van der Waals surface area contributed by atoms with E-state index in [0.29, 0.717) is 0 Å². The molecule has 0 aliphatic heterocycles. The lowest BCUT2D eigenvalue weighted by atomic mass is 9.75. The van der Waals surface area contributed by atoms with Gasteiger partial charge in [-0.15, -0.1) is 0 Å². The maximum atomic E-state index is 9.69. The van der Waals surface area contributed by atoms with Crippen molar-refractivity contribution in [2.75, 3.05) is 0 Å². The van der Waals surface area contributed by atoms with Crippen LogP contribution in [0.3, 0.4) is 0 Å². The Morgan fingerprint density at radius 3 is 2.07 bits per heavy atom. The smallest absolute Gasteiger partial charge is 0.0591 e. The molecule has 0 atom stereocenters. The van der Waals surface area contributed by atoms with Crippen molar-refractivity contribution in [1.82, 2.24) is 0 Å². The Labute approximate surface area is 95.3 Å². The van der Waals surface area contributed by atoms with Crippen LogP contribution in [-0.4, -0.2) is 10.7 Å². The second-order valence-electron chi connectivity index (χ2n) is 6.38. The molecular formula is C14H28O. The molecule has 1 saturated carbocycles. The van der Waals surface area contributed by atoms with Gasteiger partial charge in [-0.05, 0) is 57.3 Å². The SMILES string of the molecule is CC(C)C1CCC(CCC(C)(C)O)CC1. The number of hydrogen-bond acceptors (Lipinski definition) is 1. The van der Waals surface area contributed by atoms with E-state index in [9.17, 15) is 5.11 Å². The van der Waals surface area contributed by atoms with E-state index in [1.54, 1.807) is 0 Å². The monoisotopic (exact) mass is 212 g/mol. The molecule has 0 heterocycles. The van der Waals surface area contributed by atoms with Crippen molar-refractivity contribution in [3.8, 4) is 0 Å². The molecule has 0 radical (unpaired) electrons. The standard InChI is InChI=1S/C14H28O/c1-11(2)13-7-5-12(6-8-13)9-10-14(3,4)15/h11-13,15H,5-10H2,1-4H3. The van der Waals surface area contributed by atoms with Gasteiger partial charge < -0.3 is 5.11 Å². The zero-order chi connectivity index (χ0) is 11.5. The highest BCUT2D eigenvalue weighted by Gasteiger charge is 2.24. The lowest BCUT2D eigenvalue weighted by molar-refractivity contribution is 0.0591. The fraction of sp³-hybridized carbons (Fsp3) is 1.00. The second-order valence-corrected chi connectivity index (χ2v) is 6.38. The molecular weight excluding hydrogens is 184 g/mol. The van der Waals surface area contributed by atoms with Crippen LogP contribution >= 0.6 is 0 Å². The van der Waals surface area contributed by atoms with Gasteiger partial charge in [-0.2, -0.15) is 0 Å². The Morgan fingerprint density at radius 1 is 1.13 bits per heavy atom. The van der Waals surface area contributed by atoms with Gasteiger partial charge in [0.05, 0.1) is 5.60 Å². The Bertz CT molecular complexity index is 170. The molecule has 1 heteroatoms. The van der Waals surface area contributed by atoms with Crippen LogP contribution in [0.2, 0.25) is 0 Å². The average molecular weight is 212 g/mol. The second kappa shape index (κ2) is 5.34. The molecule has 1 rings (SSSR count). The molecule has 0 saturated heterocycles. The third-order valence-corrected chi connectivity index (χ3v) is 4.00. The normalized spacial score (nSPS) is 28.4. The van der Waals surface area contributed by atoms with Gasteiger partial charge in [0.25, 0.3) is 0 Å². The quantitative estimate of drug-likeness (QED) is 0.747. The van der Waals surface area contributed by atoms with Crippen LogP contribution in [0, 0.1) is 17.8 Å². The summed E-state index contributed by atoms with van der Waals surface area (Å²) < 4.78 is 0. The van der Waals surface area contributed by atoms with Crippen molar-refractivity contribution in [2.45, 2.75) is 71.8 Å². The first-order valence-corrected chi connectivity index (χ1v) is 6.61. The van der Waals surface area contributed by atoms with E-state index in [0.717, 1.165) is 24.2 Å². The largest absolute Gasteiger partial charge is 0.390 e. The van der Waals surface area contributed by atoms with E-state index in [-0.39, 0.29) is 0 Å². The summed E-state index contributed by atoms with van der Waals surface area (Å²) in [5, 5.41) is 9.69. The predicted octanol–water partition coefficient (Wildman–Crippen LogP) is 4.00. The molecule has 0 unspecified atom stereocenters. The highest BCUT2D eigenvalue weighted by Crippen LogP contribution is 2.35. The first-order valence-electron chi connectivity index (χ1n) is 6.61. The molecule has 1 aliphatic carbocycles. The fourth-order valence-electron chi connectivity index (χ4n) is 2.70. The van der Waals surface area contributed by atoms with Crippen LogP contribution in [0.1, 0.15) is 66.2 Å². The molecule has 1 aliphatic rings. The first-order chi connectivity index (χ1) is 6.88. The summed E-state index contributed by atoms with van der Waals surface area (Å²) in [4.78, 5) is 0. The van der Waals surface area contributed by atoms with Gasteiger partial charge in [0.15, 0.2) is 0 Å². The highest BCUT2D eigenvalue weighted by atomic mass is 16.3. The molecule has 0 aromatic rings. The van der Waals surface area contributed by atoms with E-state index in [2.05, 4.69) is 13.8 Å². The average Bonchev–Trinajstić information content (AvgIpc) is 2.14. The summed E-state index contributed by atoms with van der Waals surface area (Å²) in [6.45, 7) is 8.54. The van der Waals surface area contributed by atoms with Crippen LogP contribution in [0.25, 0.3) is 0 Å². The Balaban J connectivity index is 2.20. The lowest BCUT2D eigenvalue weighted by Gasteiger charge is -2.32. The fourth-order valence-corrected chi connectivity index (χ4v) is 2.70. The molecule has 0 aromatic carbocycles. The molecule has 1 nitrogen and oxygen atoms in total. The maximum Gasteiger partial charge on any atom is 0.0591 e. The summed E-state index contributed by atoms with van der Waals surface area (Å²) in [6, 6.07) is 0. The van der Waals surface area contributed by atoms with E-state index >= 15 is 0 Å². The summed E-state index contributed by atoms with van der Waals surface area (Å²) in [5.74, 6) is 2.70. The topological polar surface area (TPSA) is 20.2 Å². The van der Waals surface area contributed by atoms with Gasteiger partial charge in [-0.25, -0.2) is 0 Å². The predicted molar refractivity (Wildman–Crippen MR) is 65.8 cm³/mol. The van der Waals surface area contributed by atoms with Crippen molar-refractivity contribution in [2.24, 2.45) is 17.8 Å². The zero-order valence-corrected chi connectivity index (χ0v) is 10.9. The minimum Gasteiger partial charge on any atom is -0.390 e. The van der Waals surface area contributed by atoms with Crippen LogP contribution in [-0.2, 0) is 0 Å². The minimum absolute atomic E-state index is 0.463. The summed E-state index contributed by atoms with van der Waals surface area (Å²) >= 11 is 0. The van der Waals surface area contributed by atoms with Gasteiger partial charge >= 0.3 is 0 Å². The molecule has 1 N–H and O–H groups in total. The molecule has 0 amide bonds. The Kier molecular flexibility index (Phi) is 4.64. The number of aliphatic hydroxyl groups is 1. The minimum atomic E-state index is -0.463. The van der Waals surface area contributed by atoms with Gasteiger partial charge in [0.2, 0.25) is 0 Å². The molecule has 0 bridgehead atoms. The van der Waals surface area contributed by atoms with E-state index in [4.69, 9.17) is 0 Å². The van der Waals surface area contributed by atoms with Crippen LogP contribution in [0.4, 0.5) is 0 Å². The molecule has 0 aromatic heterocycles. The van der Waals surface area contributed by atoms with Crippen molar-refractivity contribution in [3.63, 3.8) is 0 Å². The van der Waals surface area contributed by atoms with Crippen molar-refractivity contribution in [1.29, 1.82) is 0 Å². The molecule has 0 spiro atoms. The summed E-state index contributed by atoms with van der Waals surface area (Å²) in [6.07, 6.45) is 7.78. The summed E-state index contributed by atoms with van der Waals surface area (Å²) in [5.41, 5.74) is -0.463. The van der Waals surface area contributed by atoms with Crippen LogP contribution in [0.15, 0.2) is 0 Å². The zero-order valence-electron chi connectivity index (χ0n) is 10.9. The van der Waals surface area contributed by atoms with Crippen molar-refractivity contribution in [3.05, 3.63) is 0 Å². The Hall–Kier alpha value is -0.0400. The van der Waals surface area contributed by atoms with Crippen molar-refractivity contribution >= 4 is 0 Å². The molecule has 15 heavy (non-hydrogen) atoms.